The first-order valence-corrected chi connectivity index (χ1v) is 5.15. The second-order valence-corrected chi connectivity index (χ2v) is 6.26. The van der Waals surface area contributed by atoms with Crippen molar-refractivity contribution in [2.45, 2.75) is 47.6 Å². The van der Waals surface area contributed by atoms with Gasteiger partial charge in [-0.25, -0.2) is 0 Å². The molecule has 76 valence electrons. The molecule has 1 heteroatoms. The van der Waals surface area contributed by atoms with Crippen molar-refractivity contribution in [2.24, 2.45) is 16.7 Å². The van der Waals surface area contributed by atoms with Gasteiger partial charge in [-0.15, -0.1) is 0 Å². The zero-order valence-corrected chi connectivity index (χ0v) is 9.81. The second kappa shape index (κ2) is 3.04. The van der Waals surface area contributed by atoms with E-state index >= 15 is 0 Å². The first-order chi connectivity index (χ1) is 5.73. The number of rotatable bonds is 0. The van der Waals surface area contributed by atoms with Gasteiger partial charge in [0.1, 0.15) is 0 Å². The van der Waals surface area contributed by atoms with Gasteiger partial charge in [0.25, 0.3) is 0 Å². The van der Waals surface area contributed by atoms with E-state index in [0.717, 1.165) is 0 Å². The maximum absolute atomic E-state index is 3.47. The maximum Gasteiger partial charge on any atom is 0.0372 e. The highest BCUT2D eigenvalue weighted by Gasteiger charge is 2.38. The maximum atomic E-state index is 3.47. The lowest BCUT2D eigenvalue weighted by Crippen LogP contribution is -2.43. The topological polar surface area (TPSA) is 12.0 Å². The van der Waals surface area contributed by atoms with Crippen LogP contribution in [0.15, 0.2) is 12.3 Å². The fraction of sp³-hybridized carbons (Fsp3) is 0.833. The number of hydrogen-bond donors (Lipinski definition) is 1. The minimum atomic E-state index is 0.335. The third kappa shape index (κ3) is 2.26. The molecule has 0 aromatic carbocycles. The molecule has 0 saturated carbocycles. The Morgan fingerprint density at radius 1 is 0.923 bits per heavy atom. The van der Waals surface area contributed by atoms with Crippen molar-refractivity contribution in [1.82, 2.24) is 5.32 Å². The summed E-state index contributed by atoms with van der Waals surface area (Å²) >= 11 is 0. The quantitative estimate of drug-likeness (QED) is 0.605. The van der Waals surface area contributed by atoms with Crippen LogP contribution in [0, 0.1) is 16.7 Å². The molecule has 1 N–H and O–H groups in total. The van der Waals surface area contributed by atoms with Crippen LogP contribution in [0.1, 0.15) is 41.5 Å². The van der Waals surface area contributed by atoms with E-state index in [0.29, 0.717) is 22.8 Å². The Bertz CT molecular complexity index is 202. The van der Waals surface area contributed by atoms with E-state index in [2.05, 4.69) is 59.1 Å². The van der Waals surface area contributed by atoms with E-state index in [1.807, 2.05) is 0 Å². The summed E-state index contributed by atoms with van der Waals surface area (Å²) in [5.41, 5.74) is 0.694. The fourth-order valence-corrected chi connectivity index (χ4v) is 2.06. The monoisotopic (exact) mass is 181 g/mol. The molecule has 1 aliphatic heterocycles. The zero-order valence-electron chi connectivity index (χ0n) is 9.81. The summed E-state index contributed by atoms with van der Waals surface area (Å²) in [7, 11) is 0. The molecule has 13 heavy (non-hydrogen) atoms. The first kappa shape index (κ1) is 10.6. The van der Waals surface area contributed by atoms with Crippen LogP contribution >= 0.6 is 0 Å². The average Bonchev–Trinajstić information content (AvgIpc) is 2.27. The number of hydrogen-bond acceptors (Lipinski definition) is 1. The highest BCUT2D eigenvalue weighted by Crippen LogP contribution is 2.39. The van der Waals surface area contributed by atoms with Gasteiger partial charge >= 0.3 is 0 Å². The van der Waals surface area contributed by atoms with Gasteiger partial charge in [0.05, 0.1) is 0 Å². The van der Waals surface area contributed by atoms with Crippen molar-refractivity contribution in [3.05, 3.63) is 12.3 Å². The Morgan fingerprint density at radius 2 is 1.46 bits per heavy atom. The van der Waals surface area contributed by atoms with Gasteiger partial charge in [-0.1, -0.05) is 47.6 Å². The molecule has 0 bridgehead atoms. The van der Waals surface area contributed by atoms with Crippen molar-refractivity contribution in [1.29, 1.82) is 0 Å². The van der Waals surface area contributed by atoms with Crippen LogP contribution in [0.4, 0.5) is 0 Å². The van der Waals surface area contributed by atoms with Gasteiger partial charge in [-0.3, -0.25) is 0 Å². The minimum Gasteiger partial charge on any atom is -0.387 e. The van der Waals surface area contributed by atoms with Gasteiger partial charge in [-0.05, 0) is 17.0 Å². The predicted molar refractivity (Wildman–Crippen MR) is 58.5 cm³/mol. The smallest absolute Gasteiger partial charge is 0.0372 e. The molecule has 0 aromatic rings. The van der Waals surface area contributed by atoms with E-state index in [4.69, 9.17) is 0 Å². The van der Waals surface area contributed by atoms with E-state index in [9.17, 15) is 0 Å². The molecule has 2 unspecified atom stereocenters. The van der Waals surface area contributed by atoms with Crippen LogP contribution in [0.2, 0.25) is 0 Å². The second-order valence-electron chi connectivity index (χ2n) is 6.26. The summed E-state index contributed by atoms with van der Waals surface area (Å²) in [5, 5.41) is 3.47. The molecule has 2 atom stereocenters. The standard InChI is InChI=1S/C12H23N/c1-11(2,3)9-7-8-13-10(9)12(4,5)6/h7-10,13H,1-6H3. The normalized spacial score (nSPS) is 29.1. The predicted octanol–water partition coefficient (Wildman–Crippen LogP) is 3.18. The van der Waals surface area contributed by atoms with Crippen molar-refractivity contribution in [3.8, 4) is 0 Å². The lowest BCUT2D eigenvalue weighted by molar-refractivity contribution is 0.162. The lowest BCUT2D eigenvalue weighted by atomic mass is 9.70. The van der Waals surface area contributed by atoms with Crippen LogP contribution in [0.5, 0.6) is 0 Å². The molecule has 0 aromatic heterocycles. The van der Waals surface area contributed by atoms with Crippen LogP contribution in [0.25, 0.3) is 0 Å². The largest absolute Gasteiger partial charge is 0.387 e. The fourth-order valence-electron chi connectivity index (χ4n) is 2.06. The Labute approximate surface area is 82.6 Å². The zero-order chi connectivity index (χ0) is 10.3. The molecule has 0 fully saturated rings. The lowest BCUT2D eigenvalue weighted by Gasteiger charge is -2.39. The van der Waals surface area contributed by atoms with E-state index in [1.165, 1.54) is 0 Å². The third-order valence-corrected chi connectivity index (χ3v) is 2.87. The number of nitrogens with one attached hydrogen (secondary N) is 1. The van der Waals surface area contributed by atoms with Crippen molar-refractivity contribution in [2.75, 3.05) is 0 Å². The molecule has 1 rings (SSSR count). The molecule has 0 aliphatic carbocycles. The summed E-state index contributed by atoms with van der Waals surface area (Å²) < 4.78 is 0. The first-order valence-electron chi connectivity index (χ1n) is 5.15. The molecule has 0 amide bonds. The third-order valence-electron chi connectivity index (χ3n) is 2.87. The molecule has 0 radical (unpaired) electrons. The molecule has 1 heterocycles. The van der Waals surface area contributed by atoms with Crippen LogP contribution in [-0.2, 0) is 0 Å². The van der Waals surface area contributed by atoms with Gasteiger partial charge in [0.15, 0.2) is 0 Å². The molecule has 1 nitrogen and oxygen atoms in total. The van der Waals surface area contributed by atoms with Gasteiger partial charge < -0.3 is 5.32 Å². The average molecular weight is 181 g/mol. The van der Waals surface area contributed by atoms with E-state index in [-0.39, 0.29) is 0 Å². The van der Waals surface area contributed by atoms with Gasteiger partial charge in [0, 0.05) is 12.0 Å². The molecular formula is C12H23N. The van der Waals surface area contributed by atoms with E-state index in [1.54, 1.807) is 0 Å². The highest BCUT2D eigenvalue weighted by molar-refractivity contribution is 5.09. The Balaban J connectivity index is 2.81. The Morgan fingerprint density at radius 3 is 1.77 bits per heavy atom. The summed E-state index contributed by atoms with van der Waals surface area (Å²) in [5.74, 6) is 0.646. The van der Waals surface area contributed by atoms with Crippen LogP contribution in [-0.4, -0.2) is 6.04 Å². The molecule has 0 spiro atoms. The van der Waals surface area contributed by atoms with Crippen LogP contribution in [0.3, 0.4) is 0 Å². The van der Waals surface area contributed by atoms with Crippen molar-refractivity contribution < 1.29 is 0 Å². The van der Waals surface area contributed by atoms with Crippen molar-refractivity contribution >= 4 is 0 Å². The van der Waals surface area contributed by atoms with Crippen molar-refractivity contribution in [3.63, 3.8) is 0 Å². The van der Waals surface area contributed by atoms with Gasteiger partial charge in [0.2, 0.25) is 0 Å². The molecular weight excluding hydrogens is 158 g/mol. The summed E-state index contributed by atoms with van der Waals surface area (Å²) in [6.45, 7) is 13.8. The van der Waals surface area contributed by atoms with Gasteiger partial charge in [-0.2, -0.15) is 0 Å². The molecule has 1 aliphatic rings. The summed E-state index contributed by atoms with van der Waals surface area (Å²) in [6, 6.07) is 0.576. The Kier molecular flexibility index (Phi) is 2.48. The van der Waals surface area contributed by atoms with Crippen LogP contribution < -0.4 is 5.32 Å². The summed E-state index contributed by atoms with van der Waals surface area (Å²) in [4.78, 5) is 0. The molecule has 0 saturated heterocycles. The van der Waals surface area contributed by atoms with E-state index < -0.39 is 0 Å². The Hall–Kier alpha value is -0.460. The summed E-state index contributed by atoms with van der Waals surface area (Å²) in [6.07, 6.45) is 4.43. The SMILES string of the molecule is CC(C)(C)C1C=CNC1C(C)(C)C. The minimum absolute atomic E-state index is 0.335. The highest BCUT2D eigenvalue weighted by atomic mass is 14.9.